The molecule has 2 heterocycles. The highest BCUT2D eigenvalue weighted by molar-refractivity contribution is 14.0. The first kappa shape index (κ1) is 17.9. The van der Waals surface area contributed by atoms with Crippen LogP contribution in [0.4, 0.5) is 5.69 Å². The Labute approximate surface area is 157 Å². The van der Waals surface area contributed by atoms with E-state index in [4.69, 9.17) is 5.73 Å². The van der Waals surface area contributed by atoms with Crippen LogP contribution in [-0.4, -0.2) is 20.7 Å². The van der Waals surface area contributed by atoms with Gasteiger partial charge in [0.1, 0.15) is 0 Å². The number of halogens is 1. The second kappa shape index (κ2) is 8.44. The summed E-state index contributed by atoms with van der Waals surface area (Å²) in [6.45, 7) is 2.52. The van der Waals surface area contributed by atoms with Gasteiger partial charge in [0.2, 0.25) is 0 Å². The third-order valence-corrected chi connectivity index (χ3v) is 3.30. The third kappa shape index (κ3) is 4.79. The molecule has 3 aromatic rings. The first-order valence-corrected chi connectivity index (χ1v) is 7.29. The van der Waals surface area contributed by atoms with Gasteiger partial charge in [0.05, 0.1) is 6.54 Å². The Balaban J connectivity index is 0.00000208. The van der Waals surface area contributed by atoms with E-state index in [0.717, 1.165) is 17.1 Å². The zero-order chi connectivity index (χ0) is 16.1. The van der Waals surface area contributed by atoms with Crippen molar-refractivity contribution in [3.63, 3.8) is 0 Å². The number of aliphatic imine (C=N–C) groups is 1. The lowest BCUT2D eigenvalue weighted by Gasteiger charge is -2.06. The lowest BCUT2D eigenvalue weighted by molar-refractivity contribution is 0.841. The number of nitrogens with one attached hydrogen (secondary N) is 1. The Morgan fingerprint density at radius 1 is 1.21 bits per heavy atom. The van der Waals surface area contributed by atoms with Crippen LogP contribution in [0.25, 0.3) is 5.82 Å². The molecule has 0 spiro atoms. The summed E-state index contributed by atoms with van der Waals surface area (Å²) in [5.41, 5.74) is 9.07. The monoisotopic (exact) mass is 434 g/mol. The zero-order valence-corrected chi connectivity index (χ0v) is 15.6. The minimum absolute atomic E-state index is 0. The van der Waals surface area contributed by atoms with Crippen molar-refractivity contribution in [2.24, 2.45) is 10.7 Å². The van der Waals surface area contributed by atoms with E-state index >= 15 is 0 Å². The number of aromatic nitrogens is 3. The van der Waals surface area contributed by atoms with Gasteiger partial charge in [0, 0.05) is 24.3 Å². The number of benzene rings is 1. The van der Waals surface area contributed by atoms with Gasteiger partial charge in [0.15, 0.2) is 11.8 Å². The van der Waals surface area contributed by atoms with E-state index in [9.17, 15) is 0 Å². The van der Waals surface area contributed by atoms with Gasteiger partial charge in [-0.15, -0.1) is 24.0 Å². The van der Waals surface area contributed by atoms with Gasteiger partial charge in [-0.1, -0.05) is 17.7 Å². The highest BCUT2D eigenvalue weighted by Gasteiger charge is 2.00. The molecule has 0 saturated carbocycles. The van der Waals surface area contributed by atoms with Gasteiger partial charge in [-0.2, -0.15) is 5.10 Å². The van der Waals surface area contributed by atoms with E-state index in [1.807, 2.05) is 55.6 Å². The van der Waals surface area contributed by atoms with Crippen LogP contribution >= 0.6 is 24.0 Å². The van der Waals surface area contributed by atoms with E-state index in [0.29, 0.717) is 12.5 Å². The van der Waals surface area contributed by atoms with Crippen molar-refractivity contribution in [1.82, 2.24) is 14.8 Å². The number of rotatable bonds is 4. The minimum atomic E-state index is 0. The topological polar surface area (TPSA) is 81.1 Å². The Morgan fingerprint density at radius 3 is 2.71 bits per heavy atom. The summed E-state index contributed by atoms with van der Waals surface area (Å²) in [5, 5.41) is 7.24. The molecule has 3 N–H and O–H groups in total. The molecule has 0 saturated heterocycles. The summed E-state index contributed by atoms with van der Waals surface area (Å²) < 4.78 is 1.71. The first-order valence-electron chi connectivity index (χ1n) is 7.29. The van der Waals surface area contributed by atoms with Crippen LogP contribution in [0.2, 0.25) is 0 Å². The molecule has 0 fully saturated rings. The van der Waals surface area contributed by atoms with Gasteiger partial charge in [-0.25, -0.2) is 14.7 Å². The maximum absolute atomic E-state index is 5.93. The fourth-order valence-electron chi connectivity index (χ4n) is 2.09. The van der Waals surface area contributed by atoms with Crippen LogP contribution in [0.3, 0.4) is 0 Å². The summed E-state index contributed by atoms with van der Waals surface area (Å²) in [4.78, 5) is 8.65. The maximum atomic E-state index is 5.93. The number of hydrogen-bond donors (Lipinski definition) is 2. The average molecular weight is 434 g/mol. The average Bonchev–Trinajstić information content (AvgIpc) is 3.10. The second-order valence-corrected chi connectivity index (χ2v) is 5.17. The Hall–Kier alpha value is -2.42. The van der Waals surface area contributed by atoms with Crippen LogP contribution in [0.15, 0.2) is 66.0 Å². The van der Waals surface area contributed by atoms with Gasteiger partial charge >= 0.3 is 0 Å². The molecule has 7 heteroatoms. The number of anilines is 1. The molecule has 0 aliphatic heterocycles. The number of hydrogen-bond acceptors (Lipinski definition) is 3. The fraction of sp³-hybridized carbons (Fsp3) is 0.118. The van der Waals surface area contributed by atoms with Gasteiger partial charge < -0.3 is 11.1 Å². The van der Waals surface area contributed by atoms with Crippen molar-refractivity contribution < 1.29 is 0 Å². The third-order valence-electron chi connectivity index (χ3n) is 3.30. The van der Waals surface area contributed by atoms with Crippen LogP contribution in [0.5, 0.6) is 0 Å². The Bertz CT molecular complexity index is 796. The van der Waals surface area contributed by atoms with E-state index < -0.39 is 0 Å². The normalized spacial score (nSPS) is 11.0. The van der Waals surface area contributed by atoms with Gasteiger partial charge in [-0.3, -0.25) is 0 Å². The van der Waals surface area contributed by atoms with Crippen molar-refractivity contribution in [3.05, 3.63) is 72.2 Å². The summed E-state index contributed by atoms with van der Waals surface area (Å²) in [5.74, 6) is 1.14. The molecular formula is C17H19IN6. The molecule has 0 radical (unpaired) electrons. The molecule has 2 aromatic heterocycles. The van der Waals surface area contributed by atoms with Gasteiger partial charge in [-0.05, 0) is 42.8 Å². The molecule has 24 heavy (non-hydrogen) atoms. The van der Waals surface area contributed by atoms with Crippen molar-refractivity contribution in [3.8, 4) is 5.82 Å². The Kier molecular flexibility index (Phi) is 6.30. The first-order chi connectivity index (χ1) is 11.2. The van der Waals surface area contributed by atoms with Crippen molar-refractivity contribution in [1.29, 1.82) is 0 Å². The molecule has 0 aliphatic rings. The summed E-state index contributed by atoms with van der Waals surface area (Å²) in [7, 11) is 0. The van der Waals surface area contributed by atoms with E-state index in [-0.39, 0.29) is 24.0 Å². The molecule has 0 aliphatic carbocycles. The van der Waals surface area contributed by atoms with Crippen molar-refractivity contribution in [2.45, 2.75) is 13.5 Å². The number of pyridine rings is 1. The number of nitrogens with two attached hydrogens (primary N) is 1. The quantitative estimate of drug-likeness (QED) is 0.376. The zero-order valence-electron chi connectivity index (χ0n) is 13.3. The molecule has 0 unspecified atom stereocenters. The summed E-state index contributed by atoms with van der Waals surface area (Å²) in [6, 6.07) is 13.7. The van der Waals surface area contributed by atoms with Crippen LogP contribution in [0, 0.1) is 6.92 Å². The molecule has 0 amide bonds. The number of guanidine groups is 1. The summed E-state index contributed by atoms with van der Waals surface area (Å²) >= 11 is 0. The largest absolute Gasteiger partial charge is 0.370 e. The molecule has 0 bridgehead atoms. The highest BCUT2D eigenvalue weighted by atomic mass is 127. The molecule has 1 aromatic carbocycles. The SMILES string of the molecule is Cc1ccc(NC(N)=NCc2ccnc(-n3cccn3)c2)cc1.I. The lowest BCUT2D eigenvalue weighted by Crippen LogP contribution is -2.22. The van der Waals surface area contributed by atoms with Crippen LogP contribution in [-0.2, 0) is 6.54 Å². The standard InChI is InChI=1S/C17H18N6.HI/c1-13-3-5-15(6-4-13)22-17(18)20-12-14-7-9-19-16(11-14)23-10-2-8-21-23;/h2-11H,12H2,1H3,(H3,18,20,22);1H. The molecule has 6 nitrogen and oxygen atoms in total. The smallest absolute Gasteiger partial charge is 0.193 e. The number of aryl methyl sites for hydroxylation is 1. The highest BCUT2D eigenvalue weighted by Crippen LogP contribution is 2.09. The predicted octanol–water partition coefficient (Wildman–Crippen LogP) is 3.12. The molecular weight excluding hydrogens is 415 g/mol. The Morgan fingerprint density at radius 2 is 2.00 bits per heavy atom. The molecule has 0 atom stereocenters. The minimum Gasteiger partial charge on any atom is -0.370 e. The van der Waals surface area contributed by atoms with E-state index in [1.165, 1.54) is 5.56 Å². The molecule has 124 valence electrons. The van der Waals surface area contributed by atoms with E-state index in [2.05, 4.69) is 20.4 Å². The van der Waals surface area contributed by atoms with Gasteiger partial charge in [0.25, 0.3) is 0 Å². The maximum Gasteiger partial charge on any atom is 0.193 e. The van der Waals surface area contributed by atoms with Crippen LogP contribution in [0.1, 0.15) is 11.1 Å². The van der Waals surface area contributed by atoms with Crippen molar-refractivity contribution in [2.75, 3.05) is 5.32 Å². The molecule has 3 rings (SSSR count). The van der Waals surface area contributed by atoms with E-state index in [1.54, 1.807) is 17.1 Å². The second-order valence-electron chi connectivity index (χ2n) is 5.17. The van der Waals surface area contributed by atoms with Crippen LogP contribution < -0.4 is 11.1 Å². The fourth-order valence-corrected chi connectivity index (χ4v) is 2.09. The lowest BCUT2D eigenvalue weighted by atomic mass is 10.2. The number of nitrogens with zero attached hydrogens (tertiary/aromatic N) is 4. The predicted molar refractivity (Wildman–Crippen MR) is 107 cm³/mol. The van der Waals surface area contributed by atoms with Crippen molar-refractivity contribution >= 4 is 35.6 Å². The summed E-state index contributed by atoms with van der Waals surface area (Å²) in [6.07, 6.45) is 5.31.